The van der Waals surface area contributed by atoms with E-state index in [4.69, 9.17) is 16.3 Å². The molecule has 5 heteroatoms. The van der Waals surface area contributed by atoms with Gasteiger partial charge < -0.3 is 4.74 Å². The summed E-state index contributed by atoms with van der Waals surface area (Å²) in [5.41, 5.74) is 1.07. The number of aromatic nitrogens is 2. The number of ether oxygens (including phenoxy) is 1. The zero-order valence-corrected chi connectivity index (χ0v) is 12.6. The zero-order valence-electron chi connectivity index (χ0n) is 11.9. The maximum atomic E-state index is 12.2. The number of hydrogen-bond acceptors (Lipinski definition) is 3. The zero-order chi connectivity index (χ0) is 14.8. The number of hydrogen-bond donors (Lipinski definition) is 0. The fraction of sp³-hybridized carbons (Fsp3) is 0.375. The molecule has 0 N–H and O–H groups in total. The summed E-state index contributed by atoms with van der Waals surface area (Å²) >= 11 is 5.88. The summed E-state index contributed by atoms with van der Waals surface area (Å²) in [5.74, 6) is 1.92. The highest BCUT2D eigenvalue weighted by Gasteiger charge is 2.22. The summed E-state index contributed by atoms with van der Waals surface area (Å²) in [6, 6.07) is 9.40. The van der Waals surface area contributed by atoms with E-state index in [9.17, 15) is 4.79 Å². The smallest absolute Gasteiger partial charge is 0.255 e. The van der Waals surface area contributed by atoms with Gasteiger partial charge in [0.25, 0.3) is 5.56 Å². The Bertz CT molecular complexity index is 712. The van der Waals surface area contributed by atoms with Crippen LogP contribution in [0.4, 0.5) is 0 Å². The first-order valence-corrected chi connectivity index (χ1v) is 7.55. The first-order valence-electron chi connectivity index (χ1n) is 7.17. The predicted molar refractivity (Wildman–Crippen MR) is 82.2 cm³/mol. The van der Waals surface area contributed by atoms with Crippen molar-refractivity contribution < 1.29 is 4.74 Å². The number of nitrogens with zero attached hydrogens (tertiary/aromatic N) is 2. The van der Waals surface area contributed by atoms with Crippen molar-refractivity contribution in [1.29, 1.82) is 0 Å². The van der Waals surface area contributed by atoms with Crippen molar-refractivity contribution in [2.75, 3.05) is 6.61 Å². The highest BCUT2D eigenvalue weighted by atomic mass is 35.5. The molecule has 2 heterocycles. The van der Waals surface area contributed by atoms with Crippen molar-refractivity contribution in [3.05, 3.63) is 57.2 Å². The van der Waals surface area contributed by atoms with Crippen molar-refractivity contribution in [3.63, 3.8) is 0 Å². The lowest BCUT2D eigenvalue weighted by Gasteiger charge is -2.27. The van der Waals surface area contributed by atoms with E-state index in [2.05, 4.69) is 11.1 Å². The number of rotatable bonds is 3. The summed E-state index contributed by atoms with van der Waals surface area (Å²) in [6.07, 6.45) is 1.58. The standard InChI is InChI=1S/C16H17ClN2O2/c1-2-15-18-14(17)9-16(20)19(15)10-11-7-8-21-13-6-4-3-5-12(11)13/h3-6,9,11H,2,7-8,10H2,1H3. The van der Waals surface area contributed by atoms with Gasteiger partial charge in [-0.25, -0.2) is 4.98 Å². The van der Waals surface area contributed by atoms with E-state index in [1.807, 2.05) is 25.1 Å². The maximum absolute atomic E-state index is 12.2. The monoisotopic (exact) mass is 304 g/mol. The van der Waals surface area contributed by atoms with Gasteiger partial charge in [-0.2, -0.15) is 0 Å². The minimum Gasteiger partial charge on any atom is -0.493 e. The van der Waals surface area contributed by atoms with E-state index in [1.165, 1.54) is 6.07 Å². The summed E-state index contributed by atoms with van der Waals surface area (Å²) in [6.45, 7) is 3.28. The van der Waals surface area contributed by atoms with Crippen LogP contribution in [0.15, 0.2) is 35.1 Å². The summed E-state index contributed by atoms with van der Waals surface area (Å²) < 4.78 is 7.41. The molecule has 0 bridgehead atoms. The molecule has 21 heavy (non-hydrogen) atoms. The van der Waals surface area contributed by atoms with Gasteiger partial charge in [0.05, 0.1) is 6.61 Å². The Balaban J connectivity index is 1.97. The van der Waals surface area contributed by atoms with Gasteiger partial charge >= 0.3 is 0 Å². The van der Waals surface area contributed by atoms with E-state index in [-0.39, 0.29) is 16.6 Å². The molecule has 1 aromatic carbocycles. The van der Waals surface area contributed by atoms with E-state index >= 15 is 0 Å². The molecule has 0 aliphatic carbocycles. The molecular formula is C16H17ClN2O2. The van der Waals surface area contributed by atoms with Crippen LogP contribution in [0.1, 0.15) is 30.7 Å². The van der Waals surface area contributed by atoms with Gasteiger partial charge in [-0.15, -0.1) is 0 Å². The minimum absolute atomic E-state index is 0.0872. The molecule has 1 aromatic heterocycles. The van der Waals surface area contributed by atoms with Crippen molar-refractivity contribution in [1.82, 2.24) is 9.55 Å². The summed E-state index contributed by atoms with van der Waals surface area (Å²) in [5, 5.41) is 0.264. The quantitative estimate of drug-likeness (QED) is 0.819. The molecule has 2 aromatic rings. The Morgan fingerprint density at radius 1 is 1.43 bits per heavy atom. The molecule has 1 aliphatic rings. The molecule has 0 fully saturated rings. The predicted octanol–water partition coefficient (Wildman–Crippen LogP) is 3.03. The molecule has 0 spiro atoms. The van der Waals surface area contributed by atoms with Crippen molar-refractivity contribution in [3.8, 4) is 5.75 Å². The fourth-order valence-corrected chi connectivity index (χ4v) is 3.00. The first-order chi connectivity index (χ1) is 10.2. The third-order valence-corrected chi connectivity index (χ3v) is 4.05. The fourth-order valence-electron chi connectivity index (χ4n) is 2.81. The van der Waals surface area contributed by atoms with Gasteiger partial charge in [-0.1, -0.05) is 36.7 Å². The molecule has 0 amide bonds. The lowest BCUT2D eigenvalue weighted by atomic mass is 9.93. The third-order valence-electron chi connectivity index (χ3n) is 3.86. The van der Waals surface area contributed by atoms with Crippen molar-refractivity contribution in [2.24, 2.45) is 0 Å². The molecular weight excluding hydrogens is 288 g/mol. The van der Waals surface area contributed by atoms with Gasteiger partial charge in [-0.3, -0.25) is 9.36 Å². The lowest BCUT2D eigenvalue weighted by molar-refractivity contribution is 0.257. The normalized spacial score (nSPS) is 17.1. The molecule has 0 saturated carbocycles. The lowest BCUT2D eigenvalue weighted by Crippen LogP contribution is -2.29. The molecule has 0 saturated heterocycles. The Labute approximate surface area is 128 Å². The summed E-state index contributed by atoms with van der Waals surface area (Å²) in [7, 11) is 0. The molecule has 1 aliphatic heterocycles. The van der Waals surface area contributed by atoms with E-state index < -0.39 is 0 Å². The van der Waals surface area contributed by atoms with Crippen LogP contribution >= 0.6 is 11.6 Å². The topological polar surface area (TPSA) is 44.1 Å². The number of para-hydroxylation sites is 1. The molecule has 1 unspecified atom stereocenters. The molecule has 3 rings (SSSR count). The first kappa shape index (κ1) is 14.1. The Kier molecular flexibility index (Phi) is 3.97. The van der Waals surface area contributed by atoms with Gasteiger partial charge in [0.2, 0.25) is 0 Å². The average molecular weight is 305 g/mol. The molecule has 110 valence electrons. The number of aryl methyl sites for hydroxylation is 1. The van der Waals surface area contributed by atoms with Crippen LogP contribution in [0.3, 0.4) is 0 Å². The molecule has 1 atom stereocenters. The number of benzene rings is 1. The average Bonchev–Trinajstić information content (AvgIpc) is 2.50. The van der Waals surface area contributed by atoms with Gasteiger partial charge in [-0.05, 0) is 18.1 Å². The van der Waals surface area contributed by atoms with Crippen LogP contribution in [0.25, 0.3) is 0 Å². The van der Waals surface area contributed by atoms with E-state index in [0.717, 1.165) is 23.6 Å². The van der Waals surface area contributed by atoms with Crippen LogP contribution in [0.5, 0.6) is 5.75 Å². The van der Waals surface area contributed by atoms with E-state index in [1.54, 1.807) is 4.57 Å². The second kappa shape index (κ2) is 5.90. The van der Waals surface area contributed by atoms with Crippen molar-refractivity contribution in [2.45, 2.75) is 32.2 Å². The minimum atomic E-state index is -0.0872. The highest BCUT2D eigenvalue weighted by Crippen LogP contribution is 2.34. The van der Waals surface area contributed by atoms with Crippen LogP contribution in [-0.2, 0) is 13.0 Å². The SMILES string of the molecule is CCc1nc(Cl)cc(=O)n1CC1CCOc2ccccc21. The second-order valence-electron chi connectivity index (χ2n) is 5.17. The Morgan fingerprint density at radius 3 is 3.05 bits per heavy atom. The Morgan fingerprint density at radius 2 is 2.24 bits per heavy atom. The Hall–Kier alpha value is -1.81. The molecule has 0 radical (unpaired) electrons. The van der Waals surface area contributed by atoms with E-state index in [0.29, 0.717) is 19.6 Å². The van der Waals surface area contributed by atoms with Gasteiger partial charge in [0.1, 0.15) is 16.7 Å². The summed E-state index contributed by atoms with van der Waals surface area (Å²) in [4.78, 5) is 16.5. The largest absolute Gasteiger partial charge is 0.493 e. The van der Waals surface area contributed by atoms with Gasteiger partial charge in [0.15, 0.2) is 0 Å². The number of halogens is 1. The molecule has 4 nitrogen and oxygen atoms in total. The van der Waals surface area contributed by atoms with Crippen molar-refractivity contribution >= 4 is 11.6 Å². The maximum Gasteiger partial charge on any atom is 0.255 e. The second-order valence-corrected chi connectivity index (χ2v) is 5.56. The number of fused-ring (bicyclic) bond motifs is 1. The van der Waals surface area contributed by atoms with Crippen LogP contribution < -0.4 is 10.3 Å². The van der Waals surface area contributed by atoms with Crippen LogP contribution in [0, 0.1) is 0 Å². The van der Waals surface area contributed by atoms with Crippen LogP contribution in [-0.4, -0.2) is 16.2 Å². The van der Waals surface area contributed by atoms with Crippen LogP contribution in [0.2, 0.25) is 5.15 Å². The highest BCUT2D eigenvalue weighted by molar-refractivity contribution is 6.29. The third kappa shape index (κ3) is 2.81. The van der Waals surface area contributed by atoms with Gasteiger partial charge in [0, 0.05) is 24.9 Å².